The summed E-state index contributed by atoms with van der Waals surface area (Å²) in [6.45, 7) is 4.89. The standard InChI is InChI=1S/C30H32N6O6/c1-19-14-21(23-4-2-3-5-24(23)31-19)17-42-22-8-6-20(7-9-22)27(38)32-25-15-36(18-30(25)28(39)33-29(40)34-30)26(37)16-35-10-12-41-13-11-35/h2-9,14,25H,10-13,15-18H2,1H3,(H,32,38)(H2,33,34,39,40). The normalized spacial score (nSPS) is 22.3. The van der Waals surface area contributed by atoms with Crippen molar-refractivity contribution in [3.05, 3.63) is 71.4 Å². The van der Waals surface area contributed by atoms with Crippen LogP contribution in [0.2, 0.25) is 0 Å². The van der Waals surface area contributed by atoms with Gasteiger partial charge in [0.15, 0.2) is 5.54 Å². The number of rotatable bonds is 7. The highest BCUT2D eigenvalue weighted by atomic mass is 16.5. The Hall–Kier alpha value is -4.55. The fourth-order valence-electron chi connectivity index (χ4n) is 5.74. The molecule has 1 spiro atoms. The molecule has 1 aromatic heterocycles. The topological polar surface area (TPSA) is 142 Å². The van der Waals surface area contributed by atoms with Crippen molar-refractivity contribution in [2.75, 3.05) is 45.9 Å². The van der Waals surface area contributed by atoms with Gasteiger partial charge >= 0.3 is 6.03 Å². The number of hydrogen-bond donors (Lipinski definition) is 3. The second-order valence-electron chi connectivity index (χ2n) is 10.8. The van der Waals surface area contributed by atoms with Crippen molar-refractivity contribution >= 4 is 34.7 Å². The Kier molecular flexibility index (Phi) is 7.48. The maximum Gasteiger partial charge on any atom is 0.322 e. The van der Waals surface area contributed by atoms with E-state index in [9.17, 15) is 19.2 Å². The lowest BCUT2D eigenvalue weighted by molar-refractivity contribution is -0.133. The van der Waals surface area contributed by atoms with Crippen molar-refractivity contribution in [1.82, 2.24) is 30.7 Å². The number of aromatic nitrogens is 1. The van der Waals surface area contributed by atoms with E-state index < -0.39 is 29.4 Å². The Morgan fingerprint density at radius 3 is 2.62 bits per heavy atom. The molecule has 4 heterocycles. The van der Waals surface area contributed by atoms with E-state index in [0.29, 0.717) is 44.2 Å². The van der Waals surface area contributed by atoms with Crippen LogP contribution >= 0.6 is 0 Å². The van der Waals surface area contributed by atoms with Crippen molar-refractivity contribution in [3.8, 4) is 5.75 Å². The number of imide groups is 1. The number of nitrogens with one attached hydrogen (secondary N) is 3. The van der Waals surface area contributed by atoms with E-state index in [0.717, 1.165) is 22.2 Å². The average Bonchev–Trinajstić information content (AvgIpc) is 3.49. The number of nitrogens with zero attached hydrogens (tertiary/aromatic N) is 3. The number of aryl methyl sites for hydroxylation is 1. The maximum absolute atomic E-state index is 13.3. The molecule has 6 rings (SSSR count). The fraction of sp³-hybridized carbons (Fsp3) is 0.367. The molecule has 2 unspecified atom stereocenters. The number of amides is 5. The van der Waals surface area contributed by atoms with Gasteiger partial charge in [0, 0.05) is 41.8 Å². The summed E-state index contributed by atoms with van der Waals surface area (Å²) in [5, 5.41) is 8.82. The molecule has 3 aliphatic rings. The molecule has 0 radical (unpaired) electrons. The molecule has 3 aromatic rings. The average molecular weight is 573 g/mol. The molecule has 3 N–H and O–H groups in total. The Morgan fingerprint density at radius 1 is 1.12 bits per heavy atom. The molecule has 3 aliphatic heterocycles. The summed E-state index contributed by atoms with van der Waals surface area (Å²) in [7, 11) is 0. The van der Waals surface area contributed by atoms with E-state index in [1.165, 1.54) is 4.90 Å². The van der Waals surface area contributed by atoms with Crippen LogP contribution in [0, 0.1) is 6.92 Å². The molecule has 42 heavy (non-hydrogen) atoms. The number of carbonyl (C=O) groups is 4. The molecule has 3 fully saturated rings. The molecular weight excluding hydrogens is 540 g/mol. The number of carbonyl (C=O) groups excluding carboxylic acids is 4. The van der Waals surface area contributed by atoms with Crippen LogP contribution in [0.3, 0.4) is 0 Å². The lowest BCUT2D eigenvalue weighted by Gasteiger charge is -2.28. The molecule has 0 saturated carbocycles. The summed E-state index contributed by atoms with van der Waals surface area (Å²) in [5.74, 6) is -0.592. The fourth-order valence-corrected chi connectivity index (χ4v) is 5.74. The molecule has 5 amide bonds. The van der Waals surface area contributed by atoms with Gasteiger partial charge in [-0.05, 0) is 43.3 Å². The molecule has 3 saturated heterocycles. The lowest BCUT2D eigenvalue weighted by atomic mass is 9.93. The van der Waals surface area contributed by atoms with Crippen molar-refractivity contribution in [2.24, 2.45) is 0 Å². The van der Waals surface area contributed by atoms with Gasteiger partial charge in [-0.25, -0.2) is 4.79 Å². The zero-order valence-electron chi connectivity index (χ0n) is 23.2. The first-order valence-electron chi connectivity index (χ1n) is 13.9. The predicted octanol–water partition coefficient (Wildman–Crippen LogP) is 0.973. The highest BCUT2D eigenvalue weighted by molar-refractivity contribution is 6.09. The van der Waals surface area contributed by atoms with Gasteiger partial charge in [-0.3, -0.25) is 29.6 Å². The summed E-state index contributed by atoms with van der Waals surface area (Å²) in [6.07, 6.45) is 0. The Labute approximate surface area is 242 Å². The first-order chi connectivity index (χ1) is 20.3. The number of morpholine rings is 1. The minimum atomic E-state index is -1.44. The minimum Gasteiger partial charge on any atom is -0.489 e. The van der Waals surface area contributed by atoms with Gasteiger partial charge in [0.05, 0.1) is 37.9 Å². The Bertz CT molecular complexity index is 1540. The van der Waals surface area contributed by atoms with Crippen LogP contribution in [0.15, 0.2) is 54.6 Å². The van der Waals surface area contributed by atoms with Gasteiger partial charge < -0.3 is 25.0 Å². The number of fused-ring (bicyclic) bond motifs is 1. The maximum atomic E-state index is 13.3. The number of likely N-dealkylation sites (tertiary alicyclic amines) is 1. The van der Waals surface area contributed by atoms with Crippen LogP contribution in [0.4, 0.5) is 4.79 Å². The predicted molar refractivity (Wildman–Crippen MR) is 152 cm³/mol. The monoisotopic (exact) mass is 572 g/mol. The number of para-hydroxylation sites is 1. The number of ether oxygens (including phenoxy) is 2. The van der Waals surface area contributed by atoms with Crippen LogP contribution in [0.5, 0.6) is 5.75 Å². The highest BCUT2D eigenvalue weighted by Crippen LogP contribution is 2.27. The van der Waals surface area contributed by atoms with Crippen LogP contribution in [-0.2, 0) is 20.9 Å². The van der Waals surface area contributed by atoms with E-state index in [1.807, 2.05) is 42.2 Å². The van der Waals surface area contributed by atoms with Crippen molar-refractivity contribution in [2.45, 2.75) is 25.1 Å². The van der Waals surface area contributed by atoms with E-state index >= 15 is 0 Å². The van der Waals surface area contributed by atoms with Gasteiger partial charge in [-0.15, -0.1) is 0 Å². The number of pyridine rings is 1. The first kappa shape index (κ1) is 27.6. The smallest absolute Gasteiger partial charge is 0.322 e. The molecule has 12 heteroatoms. The van der Waals surface area contributed by atoms with Gasteiger partial charge in [-0.1, -0.05) is 18.2 Å². The van der Waals surface area contributed by atoms with Gasteiger partial charge in [0.25, 0.3) is 11.8 Å². The summed E-state index contributed by atoms with van der Waals surface area (Å²) in [5.41, 5.74) is 1.72. The van der Waals surface area contributed by atoms with Crippen molar-refractivity contribution in [3.63, 3.8) is 0 Å². The van der Waals surface area contributed by atoms with E-state index in [4.69, 9.17) is 9.47 Å². The largest absolute Gasteiger partial charge is 0.489 e. The SMILES string of the molecule is Cc1cc(COc2ccc(C(=O)NC3CN(C(=O)CN4CCOCC4)CC34NC(=O)NC4=O)cc2)c2ccccc2n1. The van der Waals surface area contributed by atoms with Gasteiger partial charge in [0.2, 0.25) is 5.91 Å². The summed E-state index contributed by atoms with van der Waals surface area (Å²) >= 11 is 0. The number of benzene rings is 2. The summed E-state index contributed by atoms with van der Waals surface area (Å²) in [4.78, 5) is 59.4. The third-order valence-electron chi connectivity index (χ3n) is 7.97. The Morgan fingerprint density at radius 2 is 1.88 bits per heavy atom. The lowest BCUT2D eigenvalue weighted by Crippen LogP contribution is -2.62. The second kappa shape index (κ2) is 11.4. The van der Waals surface area contributed by atoms with Crippen molar-refractivity contribution < 1.29 is 28.7 Å². The zero-order valence-corrected chi connectivity index (χ0v) is 23.2. The number of urea groups is 1. The minimum absolute atomic E-state index is 0.0331. The molecular formula is C30H32N6O6. The van der Waals surface area contributed by atoms with Gasteiger partial charge in [0.1, 0.15) is 12.4 Å². The van der Waals surface area contributed by atoms with Crippen LogP contribution < -0.4 is 20.7 Å². The third kappa shape index (κ3) is 5.50. The summed E-state index contributed by atoms with van der Waals surface area (Å²) < 4.78 is 11.4. The van der Waals surface area contributed by atoms with E-state index in [1.54, 1.807) is 24.3 Å². The second-order valence-corrected chi connectivity index (χ2v) is 10.8. The molecule has 0 bridgehead atoms. The van der Waals surface area contributed by atoms with Crippen LogP contribution in [0.1, 0.15) is 21.6 Å². The highest BCUT2D eigenvalue weighted by Gasteiger charge is 2.58. The third-order valence-corrected chi connectivity index (χ3v) is 7.97. The van der Waals surface area contributed by atoms with Crippen molar-refractivity contribution in [1.29, 1.82) is 0 Å². The van der Waals surface area contributed by atoms with Crippen LogP contribution in [-0.4, -0.2) is 96.1 Å². The zero-order chi connectivity index (χ0) is 29.3. The van der Waals surface area contributed by atoms with E-state index in [-0.39, 0.29) is 25.5 Å². The molecule has 2 atom stereocenters. The quantitative estimate of drug-likeness (QED) is 0.356. The molecule has 12 nitrogen and oxygen atoms in total. The molecule has 2 aromatic carbocycles. The van der Waals surface area contributed by atoms with Crippen LogP contribution in [0.25, 0.3) is 10.9 Å². The Balaban J connectivity index is 1.12. The number of hydrogen-bond acceptors (Lipinski definition) is 8. The first-order valence-corrected chi connectivity index (χ1v) is 13.9. The van der Waals surface area contributed by atoms with Gasteiger partial charge in [-0.2, -0.15) is 0 Å². The van der Waals surface area contributed by atoms with E-state index in [2.05, 4.69) is 20.9 Å². The molecule has 0 aliphatic carbocycles. The summed E-state index contributed by atoms with van der Waals surface area (Å²) in [6, 6.07) is 15.1. The molecule has 218 valence electrons.